The Bertz CT molecular complexity index is 603. The second kappa shape index (κ2) is 6.26. The van der Waals surface area contributed by atoms with E-state index in [0.717, 1.165) is 4.90 Å². The number of imide groups is 2. The molecule has 1 N–H and O–H groups in total. The summed E-state index contributed by atoms with van der Waals surface area (Å²) in [5.74, 6) is -1.37. The van der Waals surface area contributed by atoms with Crippen LogP contribution in [0.4, 0.5) is 10.5 Å². The zero-order valence-corrected chi connectivity index (χ0v) is 13.3. The third-order valence-electron chi connectivity index (χ3n) is 3.24. The summed E-state index contributed by atoms with van der Waals surface area (Å²) in [7, 11) is 1.49. The highest BCUT2D eigenvalue weighted by atomic mass is 79.9. The van der Waals surface area contributed by atoms with E-state index in [4.69, 9.17) is 4.74 Å². The lowest BCUT2D eigenvalue weighted by Gasteiger charge is -2.30. The third-order valence-corrected chi connectivity index (χ3v) is 3.89. The SMILES string of the molecule is CCCC1C(=O)NC(=O)N(c2ccc(Br)c(OC)c2)C1=O. The number of nitrogens with zero attached hydrogens (tertiary/aromatic N) is 1. The van der Waals surface area contributed by atoms with E-state index in [1.807, 2.05) is 6.92 Å². The van der Waals surface area contributed by atoms with Crippen molar-refractivity contribution in [1.29, 1.82) is 0 Å². The van der Waals surface area contributed by atoms with Crippen LogP contribution < -0.4 is 15.0 Å². The normalized spacial score (nSPS) is 18.7. The number of nitrogens with one attached hydrogen (secondary N) is 1. The highest BCUT2D eigenvalue weighted by Crippen LogP contribution is 2.31. The van der Waals surface area contributed by atoms with Gasteiger partial charge in [-0.15, -0.1) is 0 Å². The van der Waals surface area contributed by atoms with E-state index in [2.05, 4.69) is 21.2 Å². The molecular formula is C14H15BrN2O4. The molecule has 1 aliphatic rings. The van der Waals surface area contributed by atoms with E-state index in [-0.39, 0.29) is 0 Å². The molecule has 0 spiro atoms. The molecule has 112 valence electrons. The number of carbonyl (C=O) groups is 3. The molecule has 6 nitrogen and oxygen atoms in total. The summed E-state index contributed by atoms with van der Waals surface area (Å²) in [5.41, 5.74) is 0.367. The van der Waals surface area contributed by atoms with Crippen molar-refractivity contribution in [1.82, 2.24) is 5.32 Å². The highest BCUT2D eigenvalue weighted by molar-refractivity contribution is 9.10. The van der Waals surface area contributed by atoms with Crippen molar-refractivity contribution < 1.29 is 19.1 Å². The molecule has 1 aromatic carbocycles. The molecule has 1 unspecified atom stereocenters. The van der Waals surface area contributed by atoms with Crippen molar-refractivity contribution in [2.24, 2.45) is 5.92 Å². The molecule has 2 rings (SSSR count). The van der Waals surface area contributed by atoms with Gasteiger partial charge in [-0.2, -0.15) is 0 Å². The molecule has 0 radical (unpaired) electrons. The van der Waals surface area contributed by atoms with E-state index >= 15 is 0 Å². The minimum atomic E-state index is -0.831. The zero-order valence-electron chi connectivity index (χ0n) is 11.7. The number of rotatable bonds is 4. The van der Waals surface area contributed by atoms with E-state index in [1.54, 1.807) is 18.2 Å². The Labute approximate surface area is 130 Å². The molecule has 0 aliphatic carbocycles. The molecule has 1 aromatic rings. The van der Waals surface area contributed by atoms with E-state index in [0.29, 0.717) is 28.8 Å². The quantitative estimate of drug-likeness (QED) is 0.842. The number of benzene rings is 1. The van der Waals surface area contributed by atoms with Crippen LogP contribution in [0.25, 0.3) is 0 Å². The number of anilines is 1. The van der Waals surface area contributed by atoms with Gasteiger partial charge in [0.2, 0.25) is 11.8 Å². The summed E-state index contributed by atoms with van der Waals surface area (Å²) in [5, 5.41) is 2.22. The second-order valence-corrected chi connectivity index (χ2v) is 5.48. The molecule has 0 bridgehead atoms. The first kappa shape index (κ1) is 15.5. The van der Waals surface area contributed by atoms with Gasteiger partial charge >= 0.3 is 6.03 Å². The van der Waals surface area contributed by atoms with Gasteiger partial charge in [0.25, 0.3) is 0 Å². The maximum atomic E-state index is 12.4. The van der Waals surface area contributed by atoms with Crippen LogP contribution in [-0.4, -0.2) is 25.0 Å². The Morgan fingerprint density at radius 1 is 1.33 bits per heavy atom. The van der Waals surface area contributed by atoms with Crippen LogP contribution in [0.2, 0.25) is 0 Å². The molecule has 1 heterocycles. The van der Waals surface area contributed by atoms with Crippen molar-refractivity contribution in [2.45, 2.75) is 19.8 Å². The van der Waals surface area contributed by atoms with Crippen molar-refractivity contribution >= 4 is 39.5 Å². The summed E-state index contributed by atoms with van der Waals surface area (Å²) in [6.45, 7) is 1.88. The van der Waals surface area contributed by atoms with Crippen molar-refractivity contribution in [3.8, 4) is 5.75 Å². The van der Waals surface area contributed by atoms with E-state index in [9.17, 15) is 14.4 Å². The van der Waals surface area contributed by atoms with Crippen LogP contribution in [0.15, 0.2) is 22.7 Å². The third kappa shape index (κ3) is 2.92. The Balaban J connectivity index is 2.39. The Morgan fingerprint density at radius 3 is 2.67 bits per heavy atom. The molecule has 4 amide bonds. The molecule has 0 saturated carbocycles. The largest absolute Gasteiger partial charge is 0.495 e. The van der Waals surface area contributed by atoms with Crippen LogP contribution in [0.5, 0.6) is 5.75 Å². The maximum Gasteiger partial charge on any atom is 0.335 e. The number of hydrogen-bond acceptors (Lipinski definition) is 4. The minimum Gasteiger partial charge on any atom is -0.495 e. The number of halogens is 1. The van der Waals surface area contributed by atoms with Gasteiger partial charge in [0.1, 0.15) is 11.7 Å². The lowest BCUT2D eigenvalue weighted by atomic mass is 9.99. The molecular weight excluding hydrogens is 340 g/mol. The zero-order chi connectivity index (χ0) is 15.6. The minimum absolute atomic E-state index is 0.367. The summed E-state index contributed by atoms with van der Waals surface area (Å²) < 4.78 is 5.87. The number of carbonyl (C=O) groups excluding carboxylic acids is 3. The summed E-state index contributed by atoms with van der Waals surface area (Å²) >= 11 is 3.31. The molecule has 1 aliphatic heterocycles. The number of ether oxygens (including phenoxy) is 1. The number of barbiturate groups is 1. The van der Waals surface area contributed by atoms with Crippen molar-refractivity contribution in [3.05, 3.63) is 22.7 Å². The first-order valence-electron chi connectivity index (χ1n) is 6.52. The van der Waals surface area contributed by atoms with Gasteiger partial charge in [-0.05, 0) is 34.5 Å². The maximum absolute atomic E-state index is 12.4. The van der Waals surface area contributed by atoms with Crippen LogP contribution in [0, 0.1) is 5.92 Å². The number of methoxy groups -OCH3 is 1. The van der Waals surface area contributed by atoms with Gasteiger partial charge in [0.05, 0.1) is 17.3 Å². The second-order valence-electron chi connectivity index (χ2n) is 4.63. The standard InChI is InChI=1S/C14H15BrN2O4/c1-3-4-9-12(18)16-14(20)17(13(9)19)8-5-6-10(15)11(7-8)21-2/h5-7,9H,3-4H2,1-2H3,(H,16,18,20). The van der Waals surface area contributed by atoms with Gasteiger partial charge in [-0.3, -0.25) is 14.9 Å². The fraction of sp³-hybridized carbons (Fsp3) is 0.357. The fourth-order valence-corrected chi connectivity index (χ4v) is 2.60. The Kier molecular flexibility index (Phi) is 4.62. The van der Waals surface area contributed by atoms with E-state index < -0.39 is 23.8 Å². The molecule has 1 atom stereocenters. The average Bonchev–Trinajstić information content (AvgIpc) is 2.45. The van der Waals surface area contributed by atoms with Crippen molar-refractivity contribution in [3.63, 3.8) is 0 Å². The summed E-state index contributed by atoms with van der Waals surface area (Å²) in [6, 6.07) is 4.13. The smallest absolute Gasteiger partial charge is 0.335 e. The topological polar surface area (TPSA) is 75.7 Å². The number of amides is 4. The number of urea groups is 1. The molecule has 7 heteroatoms. The Morgan fingerprint density at radius 2 is 2.05 bits per heavy atom. The molecule has 0 aromatic heterocycles. The lowest BCUT2D eigenvalue weighted by molar-refractivity contribution is -0.134. The van der Waals surface area contributed by atoms with Gasteiger partial charge in [0.15, 0.2) is 0 Å². The van der Waals surface area contributed by atoms with Crippen molar-refractivity contribution in [2.75, 3.05) is 12.0 Å². The van der Waals surface area contributed by atoms with Gasteiger partial charge in [-0.25, -0.2) is 9.69 Å². The van der Waals surface area contributed by atoms with Gasteiger partial charge in [0, 0.05) is 6.07 Å². The summed E-state index contributed by atoms with van der Waals surface area (Å²) in [4.78, 5) is 37.1. The molecule has 21 heavy (non-hydrogen) atoms. The lowest BCUT2D eigenvalue weighted by Crippen LogP contribution is -2.58. The van der Waals surface area contributed by atoms with Crippen LogP contribution in [0.3, 0.4) is 0 Å². The van der Waals surface area contributed by atoms with Crippen LogP contribution >= 0.6 is 15.9 Å². The van der Waals surface area contributed by atoms with Crippen LogP contribution in [0.1, 0.15) is 19.8 Å². The Hall–Kier alpha value is -1.89. The summed E-state index contributed by atoms with van der Waals surface area (Å²) in [6.07, 6.45) is 1.08. The predicted octanol–water partition coefficient (Wildman–Crippen LogP) is 2.46. The monoisotopic (exact) mass is 354 g/mol. The first-order valence-corrected chi connectivity index (χ1v) is 7.31. The van der Waals surface area contributed by atoms with E-state index in [1.165, 1.54) is 7.11 Å². The van der Waals surface area contributed by atoms with Crippen LogP contribution in [-0.2, 0) is 9.59 Å². The van der Waals surface area contributed by atoms with Gasteiger partial charge < -0.3 is 4.74 Å². The number of hydrogen-bond donors (Lipinski definition) is 1. The first-order chi connectivity index (χ1) is 9.99. The predicted molar refractivity (Wildman–Crippen MR) is 80.1 cm³/mol. The van der Waals surface area contributed by atoms with Gasteiger partial charge in [-0.1, -0.05) is 13.3 Å². The average molecular weight is 355 g/mol. The highest BCUT2D eigenvalue weighted by Gasteiger charge is 2.40. The molecule has 1 fully saturated rings. The fourth-order valence-electron chi connectivity index (χ4n) is 2.19. The molecule has 1 saturated heterocycles.